The number of hydrogen-bond donors (Lipinski definition) is 2. The van der Waals surface area contributed by atoms with E-state index in [9.17, 15) is 9.59 Å². The van der Waals surface area contributed by atoms with Gasteiger partial charge in [-0.15, -0.1) is 0 Å². The Bertz CT molecular complexity index is 770. The molecule has 1 aliphatic rings. The van der Waals surface area contributed by atoms with Gasteiger partial charge in [-0.2, -0.15) is 0 Å². The summed E-state index contributed by atoms with van der Waals surface area (Å²) in [6, 6.07) is 14.8. The first-order valence-corrected chi connectivity index (χ1v) is 8.58. The number of ether oxygens (including phenoxy) is 2. The first-order chi connectivity index (χ1) is 12.6. The highest BCUT2D eigenvalue weighted by molar-refractivity contribution is 5.92. The molecule has 0 saturated heterocycles. The van der Waals surface area contributed by atoms with Gasteiger partial charge in [0.05, 0.1) is 13.5 Å². The number of amides is 2. The van der Waals surface area contributed by atoms with E-state index in [-0.39, 0.29) is 18.4 Å². The summed E-state index contributed by atoms with van der Waals surface area (Å²) in [6.45, 7) is -0.119. The molecule has 0 aromatic heterocycles. The minimum atomic E-state index is -0.268. The summed E-state index contributed by atoms with van der Waals surface area (Å²) >= 11 is 0. The van der Waals surface area contributed by atoms with Gasteiger partial charge in [0.2, 0.25) is 5.91 Å². The van der Waals surface area contributed by atoms with Crippen molar-refractivity contribution in [1.82, 2.24) is 5.32 Å². The molecule has 0 bridgehead atoms. The summed E-state index contributed by atoms with van der Waals surface area (Å²) in [6.07, 6.45) is 2.50. The normalized spacial score (nSPS) is 13.0. The number of nitrogens with one attached hydrogen (secondary N) is 2. The van der Waals surface area contributed by atoms with Gasteiger partial charge in [-0.25, -0.2) is 0 Å². The van der Waals surface area contributed by atoms with Crippen molar-refractivity contribution < 1.29 is 19.1 Å². The van der Waals surface area contributed by atoms with E-state index in [0.29, 0.717) is 29.6 Å². The number of hydrogen-bond acceptors (Lipinski definition) is 4. The van der Waals surface area contributed by atoms with E-state index in [4.69, 9.17) is 9.47 Å². The SMILES string of the molecule is COc1ccccc1OCC(=O)Nc1ccc(CC(=O)NC2CC2)cc1. The average Bonchev–Trinajstić information content (AvgIpc) is 3.45. The molecular formula is C20H22N2O4. The molecule has 2 amide bonds. The zero-order chi connectivity index (χ0) is 18.4. The fourth-order valence-corrected chi connectivity index (χ4v) is 2.48. The highest BCUT2D eigenvalue weighted by Crippen LogP contribution is 2.25. The molecule has 136 valence electrons. The molecule has 0 aliphatic heterocycles. The number of carbonyl (C=O) groups excluding carboxylic acids is 2. The molecule has 0 unspecified atom stereocenters. The van der Waals surface area contributed by atoms with Crippen molar-refractivity contribution in [1.29, 1.82) is 0 Å². The molecule has 2 N–H and O–H groups in total. The predicted molar refractivity (Wildman–Crippen MR) is 98.4 cm³/mol. The molecule has 1 fully saturated rings. The summed E-state index contributed by atoms with van der Waals surface area (Å²) in [7, 11) is 1.55. The van der Waals surface area contributed by atoms with Crippen molar-refractivity contribution in [3.05, 3.63) is 54.1 Å². The summed E-state index contributed by atoms with van der Waals surface area (Å²) in [5, 5.41) is 5.72. The fourth-order valence-electron chi connectivity index (χ4n) is 2.48. The van der Waals surface area contributed by atoms with E-state index in [1.54, 1.807) is 31.4 Å². The number of carbonyl (C=O) groups is 2. The lowest BCUT2D eigenvalue weighted by Crippen LogP contribution is -2.26. The van der Waals surface area contributed by atoms with Crippen molar-refractivity contribution in [2.24, 2.45) is 0 Å². The maximum atomic E-state index is 12.0. The molecule has 2 aromatic carbocycles. The largest absolute Gasteiger partial charge is 0.493 e. The number of benzene rings is 2. The van der Waals surface area contributed by atoms with E-state index >= 15 is 0 Å². The second kappa shape index (κ2) is 8.38. The van der Waals surface area contributed by atoms with Gasteiger partial charge in [-0.3, -0.25) is 9.59 Å². The van der Waals surface area contributed by atoms with Gasteiger partial charge < -0.3 is 20.1 Å². The Hall–Kier alpha value is -3.02. The van der Waals surface area contributed by atoms with Crippen molar-refractivity contribution in [3.63, 3.8) is 0 Å². The minimum absolute atomic E-state index is 0.0366. The lowest BCUT2D eigenvalue weighted by atomic mass is 10.1. The van der Waals surface area contributed by atoms with Crippen molar-refractivity contribution in [2.45, 2.75) is 25.3 Å². The molecule has 6 nitrogen and oxygen atoms in total. The van der Waals surface area contributed by atoms with Crippen molar-refractivity contribution in [2.75, 3.05) is 19.0 Å². The van der Waals surface area contributed by atoms with Gasteiger partial charge in [-0.05, 0) is 42.7 Å². The number of methoxy groups -OCH3 is 1. The summed E-state index contributed by atoms with van der Waals surface area (Å²) < 4.78 is 10.7. The molecule has 1 saturated carbocycles. The maximum absolute atomic E-state index is 12.0. The highest BCUT2D eigenvalue weighted by atomic mass is 16.5. The van der Waals surface area contributed by atoms with Crippen LogP contribution in [-0.4, -0.2) is 31.6 Å². The quantitative estimate of drug-likeness (QED) is 0.764. The van der Waals surface area contributed by atoms with Crippen LogP contribution >= 0.6 is 0 Å². The van der Waals surface area contributed by atoms with Crippen LogP contribution in [0.5, 0.6) is 11.5 Å². The van der Waals surface area contributed by atoms with Gasteiger partial charge in [0, 0.05) is 11.7 Å². The Morgan fingerprint density at radius 2 is 1.69 bits per heavy atom. The van der Waals surface area contributed by atoms with Gasteiger partial charge in [0.1, 0.15) is 0 Å². The van der Waals surface area contributed by atoms with Crippen molar-refractivity contribution >= 4 is 17.5 Å². The average molecular weight is 354 g/mol. The smallest absolute Gasteiger partial charge is 0.262 e. The Balaban J connectivity index is 1.47. The first-order valence-electron chi connectivity index (χ1n) is 8.58. The van der Waals surface area contributed by atoms with Crippen LogP contribution in [-0.2, 0) is 16.0 Å². The van der Waals surface area contributed by atoms with E-state index in [1.807, 2.05) is 24.3 Å². The molecule has 0 heterocycles. The zero-order valence-corrected chi connectivity index (χ0v) is 14.7. The zero-order valence-electron chi connectivity index (χ0n) is 14.7. The van der Waals surface area contributed by atoms with Gasteiger partial charge in [-0.1, -0.05) is 24.3 Å². The monoisotopic (exact) mass is 354 g/mol. The van der Waals surface area contributed by atoms with Crippen molar-refractivity contribution in [3.8, 4) is 11.5 Å². The second-order valence-electron chi connectivity index (χ2n) is 6.20. The van der Waals surface area contributed by atoms with E-state index in [1.165, 1.54) is 0 Å². The summed E-state index contributed by atoms with van der Waals surface area (Å²) in [5.74, 6) is 0.862. The second-order valence-corrected chi connectivity index (χ2v) is 6.20. The Labute approximate surface area is 152 Å². The molecule has 1 aliphatic carbocycles. The topological polar surface area (TPSA) is 76.7 Å². The van der Waals surface area contributed by atoms with Crippen LogP contribution in [0.3, 0.4) is 0 Å². The number of rotatable bonds is 8. The molecule has 2 aromatic rings. The lowest BCUT2D eigenvalue weighted by Gasteiger charge is -2.11. The third-order valence-corrected chi connectivity index (χ3v) is 3.97. The third kappa shape index (κ3) is 5.24. The van der Waals surface area contributed by atoms with Crippen LogP contribution in [0.15, 0.2) is 48.5 Å². The standard InChI is InChI=1S/C20H22N2O4/c1-25-17-4-2-3-5-18(17)26-13-20(24)22-15-8-6-14(7-9-15)12-19(23)21-16-10-11-16/h2-9,16H,10-13H2,1H3,(H,21,23)(H,22,24). The minimum Gasteiger partial charge on any atom is -0.493 e. The van der Waals surface area contributed by atoms with Crippen LogP contribution in [0.2, 0.25) is 0 Å². The van der Waals surface area contributed by atoms with Crippen LogP contribution in [0, 0.1) is 0 Å². The summed E-state index contributed by atoms with van der Waals surface area (Å²) in [5.41, 5.74) is 1.57. The van der Waals surface area contributed by atoms with Crippen LogP contribution in [0.4, 0.5) is 5.69 Å². The summed E-state index contributed by atoms with van der Waals surface area (Å²) in [4.78, 5) is 23.8. The highest BCUT2D eigenvalue weighted by Gasteiger charge is 2.23. The maximum Gasteiger partial charge on any atom is 0.262 e. The molecule has 0 radical (unpaired) electrons. The Morgan fingerprint density at radius 1 is 1.00 bits per heavy atom. The fraction of sp³-hybridized carbons (Fsp3) is 0.300. The van der Waals surface area contributed by atoms with E-state index in [0.717, 1.165) is 18.4 Å². The first kappa shape index (κ1) is 17.8. The Kier molecular flexibility index (Phi) is 5.73. The third-order valence-electron chi connectivity index (χ3n) is 3.97. The number of anilines is 1. The Morgan fingerprint density at radius 3 is 2.35 bits per heavy atom. The molecule has 26 heavy (non-hydrogen) atoms. The van der Waals surface area contributed by atoms with Gasteiger partial charge in [0.25, 0.3) is 5.91 Å². The lowest BCUT2D eigenvalue weighted by molar-refractivity contribution is -0.120. The van der Waals surface area contributed by atoms with Gasteiger partial charge >= 0.3 is 0 Å². The van der Waals surface area contributed by atoms with Crippen LogP contribution < -0.4 is 20.1 Å². The van der Waals surface area contributed by atoms with E-state index < -0.39 is 0 Å². The molecule has 3 rings (SSSR count). The van der Waals surface area contributed by atoms with Gasteiger partial charge in [0.15, 0.2) is 18.1 Å². The van der Waals surface area contributed by atoms with E-state index in [2.05, 4.69) is 10.6 Å². The predicted octanol–water partition coefficient (Wildman–Crippen LogP) is 2.53. The molecule has 0 spiro atoms. The molecular weight excluding hydrogens is 332 g/mol. The molecule has 6 heteroatoms. The molecule has 0 atom stereocenters. The van der Waals surface area contributed by atoms with Crippen LogP contribution in [0.1, 0.15) is 18.4 Å². The van der Waals surface area contributed by atoms with Crippen LogP contribution in [0.25, 0.3) is 0 Å². The number of para-hydroxylation sites is 2.